The van der Waals surface area contributed by atoms with Crippen LogP contribution >= 0.6 is 23.2 Å². The van der Waals surface area contributed by atoms with E-state index in [1.807, 2.05) is 22.9 Å². The lowest BCUT2D eigenvalue weighted by Crippen LogP contribution is -2.40. The van der Waals surface area contributed by atoms with Crippen molar-refractivity contribution in [1.29, 1.82) is 0 Å². The van der Waals surface area contributed by atoms with Gasteiger partial charge in [-0.05, 0) is 49.2 Å². The molecule has 1 fully saturated rings. The summed E-state index contributed by atoms with van der Waals surface area (Å²) in [7, 11) is -3.83. The second-order valence-electron chi connectivity index (χ2n) is 8.40. The highest BCUT2D eigenvalue weighted by atomic mass is 35.5. The topological polar surface area (TPSA) is 117 Å². The van der Waals surface area contributed by atoms with Crippen LogP contribution in [0.1, 0.15) is 23.2 Å². The zero-order valence-electron chi connectivity index (χ0n) is 18.8. The van der Waals surface area contributed by atoms with E-state index in [2.05, 4.69) is 14.6 Å². The van der Waals surface area contributed by atoms with Crippen molar-refractivity contribution in [2.75, 3.05) is 18.0 Å². The maximum absolute atomic E-state index is 12.8. The molecule has 36 heavy (non-hydrogen) atoms. The van der Waals surface area contributed by atoms with Crippen molar-refractivity contribution in [3.8, 4) is 5.69 Å². The molecule has 3 heterocycles. The van der Waals surface area contributed by atoms with E-state index in [4.69, 9.17) is 33.3 Å². The van der Waals surface area contributed by atoms with E-state index < -0.39 is 16.0 Å². The highest BCUT2D eigenvalue weighted by Crippen LogP contribution is 2.36. The Morgan fingerprint density at radius 3 is 2.64 bits per heavy atom. The highest BCUT2D eigenvalue weighted by Gasteiger charge is 2.29. The number of fused-ring (bicyclic) bond motifs is 1. The van der Waals surface area contributed by atoms with Gasteiger partial charge in [-0.15, -0.1) is 0 Å². The molecule has 9 nitrogen and oxygen atoms in total. The van der Waals surface area contributed by atoms with Gasteiger partial charge in [-0.1, -0.05) is 23.2 Å². The summed E-state index contributed by atoms with van der Waals surface area (Å²) < 4.78 is 30.2. The maximum Gasteiger partial charge on any atom is 0.335 e. The van der Waals surface area contributed by atoms with E-state index in [0.717, 1.165) is 23.9 Å². The molecule has 1 aliphatic rings. The molecule has 5 rings (SSSR count). The molecule has 1 saturated heterocycles. The number of carboxylic acid groups (broad SMARTS) is 1. The lowest BCUT2D eigenvalue weighted by atomic mass is 10.1. The predicted molar refractivity (Wildman–Crippen MR) is 138 cm³/mol. The van der Waals surface area contributed by atoms with E-state index in [1.165, 1.54) is 24.3 Å². The minimum Gasteiger partial charge on any atom is -0.478 e. The van der Waals surface area contributed by atoms with Crippen LogP contribution in [-0.2, 0) is 10.0 Å². The van der Waals surface area contributed by atoms with Crippen molar-refractivity contribution in [2.45, 2.75) is 23.8 Å². The Morgan fingerprint density at radius 1 is 1.17 bits per heavy atom. The fourth-order valence-corrected chi connectivity index (χ4v) is 5.81. The number of sulfonamides is 1. The summed E-state index contributed by atoms with van der Waals surface area (Å²) in [5.74, 6) is -0.462. The lowest BCUT2D eigenvalue weighted by Gasteiger charge is -2.27. The summed E-state index contributed by atoms with van der Waals surface area (Å²) in [4.78, 5) is 22.1. The van der Waals surface area contributed by atoms with Crippen LogP contribution in [0.5, 0.6) is 0 Å². The standard InChI is InChI=1S/C24H21Cl2N5O4S/c25-19-8-7-18-20(30-11-9-27-14-30)12-21(29-23(18)22(19)26)31-10-1-2-16(31)13-28-36(34,35)17-5-3-15(4-6-17)24(32)33/h3-9,11-12,14,16,28H,1-2,10,13H2,(H,32,33)/t16-/m0/s1. The van der Waals surface area contributed by atoms with Crippen LogP contribution in [0.2, 0.25) is 10.0 Å². The first-order valence-corrected chi connectivity index (χ1v) is 13.4. The van der Waals surface area contributed by atoms with Gasteiger partial charge in [-0.25, -0.2) is 27.9 Å². The lowest BCUT2D eigenvalue weighted by molar-refractivity contribution is 0.0696. The van der Waals surface area contributed by atoms with Crippen LogP contribution in [0.25, 0.3) is 16.6 Å². The van der Waals surface area contributed by atoms with Gasteiger partial charge in [0.1, 0.15) is 5.82 Å². The van der Waals surface area contributed by atoms with Crippen molar-refractivity contribution in [1.82, 2.24) is 19.3 Å². The summed E-state index contributed by atoms with van der Waals surface area (Å²) in [5.41, 5.74) is 1.40. The predicted octanol–water partition coefficient (Wildman–Crippen LogP) is 4.37. The first kappa shape index (κ1) is 24.5. The number of carboxylic acids is 1. The van der Waals surface area contributed by atoms with Crippen molar-refractivity contribution in [2.24, 2.45) is 0 Å². The Morgan fingerprint density at radius 2 is 1.94 bits per heavy atom. The van der Waals surface area contributed by atoms with Gasteiger partial charge in [0.05, 0.1) is 38.0 Å². The molecule has 0 radical (unpaired) electrons. The molecule has 2 aromatic heterocycles. The molecule has 2 N–H and O–H groups in total. The molecular formula is C24H21Cl2N5O4S. The Kier molecular flexibility index (Phi) is 6.60. The Hall–Kier alpha value is -3.18. The van der Waals surface area contributed by atoms with E-state index in [-0.39, 0.29) is 23.0 Å². The average molecular weight is 546 g/mol. The molecule has 4 aromatic rings. The largest absolute Gasteiger partial charge is 0.478 e. The SMILES string of the molecule is O=C(O)c1ccc(S(=O)(=O)NC[C@@H]2CCCN2c2cc(-n3ccnc3)c3ccc(Cl)c(Cl)c3n2)cc1. The molecule has 12 heteroatoms. The summed E-state index contributed by atoms with van der Waals surface area (Å²) in [5, 5.41) is 10.6. The van der Waals surface area contributed by atoms with Gasteiger partial charge in [0.25, 0.3) is 0 Å². The molecule has 0 spiro atoms. The number of anilines is 1. The van der Waals surface area contributed by atoms with Crippen molar-refractivity contribution in [3.63, 3.8) is 0 Å². The Balaban J connectivity index is 1.44. The summed E-state index contributed by atoms with van der Waals surface area (Å²) >= 11 is 12.8. The van der Waals surface area contributed by atoms with Crippen LogP contribution in [0, 0.1) is 0 Å². The smallest absolute Gasteiger partial charge is 0.335 e. The Labute approximate surface area is 217 Å². The third-order valence-electron chi connectivity index (χ3n) is 6.21. The molecule has 2 aromatic carbocycles. The molecular weight excluding hydrogens is 525 g/mol. The molecule has 186 valence electrons. The number of carbonyl (C=O) groups is 1. The minimum atomic E-state index is -3.83. The van der Waals surface area contributed by atoms with Gasteiger partial charge < -0.3 is 14.6 Å². The summed E-state index contributed by atoms with van der Waals surface area (Å²) in [6.45, 7) is 0.853. The van der Waals surface area contributed by atoms with Gasteiger partial charge in [0, 0.05) is 43.0 Å². The van der Waals surface area contributed by atoms with Gasteiger partial charge in [-0.3, -0.25) is 0 Å². The number of aromatic nitrogens is 3. The molecule has 0 amide bonds. The van der Waals surface area contributed by atoms with Gasteiger partial charge in [0.2, 0.25) is 10.0 Å². The number of rotatable bonds is 7. The van der Waals surface area contributed by atoms with E-state index in [1.54, 1.807) is 18.6 Å². The number of nitrogens with zero attached hydrogens (tertiary/aromatic N) is 4. The van der Waals surface area contributed by atoms with Gasteiger partial charge >= 0.3 is 5.97 Å². The number of nitrogens with one attached hydrogen (secondary N) is 1. The van der Waals surface area contributed by atoms with Crippen molar-refractivity contribution in [3.05, 3.63) is 76.8 Å². The third kappa shape index (κ3) is 4.64. The number of halogens is 2. The second-order valence-corrected chi connectivity index (χ2v) is 11.0. The van der Waals surface area contributed by atoms with Crippen molar-refractivity contribution < 1.29 is 18.3 Å². The van der Waals surface area contributed by atoms with E-state index in [9.17, 15) is 13.2 Å². The molecule has 0 unspecified atom stereocenters. The van der Waals surface area contributed by atoms with Crippen LogP contribution < -0.4 is 9.62 Å². The van der Waals surface area contributed by atoms with Crippen LogP contribution in [-0.4, -0.2) is 53.2 Å². The summed E-state index contributed by atoms with van der Waals surface area (Å²) in [6.07, 6.45) is 6.82. The molecule has 0 bridgehead atoms. The number of benzene rings is 2. The quantitative estimate of drug-likeness (QED) is 0.354. The maximum atomic E-state index is 12.8. The zero-order chi connectivity index (χ0) is 25.4. The van der Waals surface area contributed by atoms with E-state index in [0.29, 0.717) is 27.9 Å². The molecule has 1 atom stereocenters. The summed E-state index contributed by atoms with van der Waals surface area (Å²) in [6, 6.07) is 10.5. The van der Waals surface area contributed by atoms with Gasteiger partial charge in [-0.2, -0.15) is 0 Å². The van der Waals surface area contributed by atoms with Crippen LogP contribution in [0.3, 0.4) is 0 Å². The van der Waals surface area contributed by atoms with Crippen LogP contribution in [0.4, 0.5) is 5.82 Å². The zero-order valence-corrected chi connectivity index (χ0v) is 21.1. The van der Waals surface area contributed by atoms with Crippen molar-refractivity contribution >= 4 is 55.9 Å². The third-order valence-corrected chi connectivity index (χ3v) is 8.45. The first-order valence-electron chi connectivity index (χ1n) is 11.1. The average Bonchev–Trinajstić information content (AvgIpc) is 3.57. The monoisotopic (exact) mass is 545 g/mol. The second kappa shape index (κ2) is 9.70. The first-order chi connectivity index (χ1) is 17.2. The fraction of sp³-hybridized carbons (Fsp3) is 0.208. The normalized spacial score (nSPS) is 16.1. The van der Waals surface area contributed by atoms with E-state index >= 15 is 0 Å². The molecule has 0 saturated carbocycles. The fourth-order valence-electron chi connectivity index (χ4n) is 4.38. The number of hydrogen-bond donors (Lipinski definition) is 2. The molecule has 0 aliphatic carbocycles. The van der Waals surface area contributed by atoms with Crippen LogP contribution in [0.15, 0.2) is 66.1 Å². The molecule has 1 aliphatic heterocycles. The Bertz CT molecular complexity index is 1540. The van der Waals surface area contributed by atoms with Gasteiger partial charge in [0.15, 0.2) is 0 Å². The minimum absolute atomic E-state index is 0.00435. The highest BCUT2D eigenvalue weighted by molar-refractivity contribution is 7.89. The number of pyridine rings is 1. The number of hydrogen-bond acceptors (Lipinski definition) is 6. The number of imidazole rings is 1. The number of aromatic carboxylic acids is 1.